The van der Waals surface area contributed by atoms with Gasteiger partial charge in [0.05, 0.1) is 11.8 Å². The highest BCUT2D eigenvalue weighted by Gasteiger charge is 2.24. The van der Waals surface area contributed by atoms with E-state index in [2.05, 4.69) is 5.10 Å². The Balaban J connectivity index is 2.35. The summed E-state index contributed by atoms with van der Waals surface area (Å²) in [7, 11) is 0. The van der Waals surface area contributed by atoms with Crippen LogP contribution in [0.1, 0.15) is 49.5 Å². The van der Waals surface area contributed by atoms with Crippen molar-refractivity contribution in [2.45, 2.75) is 44.8 Å². The monoisotopic (exact) mass is 288 g/mol. The van der Waals surface area contributed by atoms with Crippen molar-refractivity contribution in [1.29, 1.82) is 0 Å². The Bertz CT molecular complexity index is 499. The van der Waals surface area contributed by atoms with Crippen LogP contribution in [0.15, 0.2) is 11.0 Å². The first kappa shape index (κ1) is 15.1. The predicted octanol–water partition coefficient (Wildman–Crippen LogP) is 1.80. The van der Waals surface area contributed by atoms with Crippen molar-refractivity contribution in [3.05, 3.63) is 27.7 Å². The van der Waals surface area contributed by atoms with E-state index in [9.17, 15) is 13.6 Å². The van der Waals surface area contributed by atoms with Gasteiger partial charge in [-0.15, -0.1) is 0 Å². The van der Waals surface area contributed by atoms with Gasteiger partial charge in [-0.1, -0.05) is 0 Å². The average molecular weight is 288 g/mol. The molecule has 0 amide bonds. The molecule has 1 atom stereocenters. The van der Waals surface area contributed by atoms with Gasteiger partial charge < -0.3 is 9.84 Å². The molecule has 112 valence electrons. The maximum atomic E-state index is 13.1. The van der Waals surface area contributed by atoms with Gasteiger partial charge in [-0.2, -0.15) is 5.10 Å². The van der Waals surface area contributed by atoms with Gasteiger partial charge in [-0.05, 0) is 37.7 Å². The minimum absolute atomic E-state index is 0.114. The number of halogens is 2. The minimum atomic E-state index is -2.85. The van der Waals surface area contributed by atoms with E-state index in [4.69, 9.17) is 9.84 Å². The van der Waals surface area contributed by atoms with E-state index in [1.165, 1.54) is 6.20 Å². The molecule has 1 saturated heterocycles. The van der Waals surface area contributed by atoms with Gasteiger partial charge in [0.1, 0.15) is 0 Å². The van der Waals surface area contributed by atoms with Crippen LogP contribution in [0.5, 0.6) is 0 Å². The van der Waals surface area contributed by atoms with E-state index >= 15 is 0 Å². The number of aliphatic hydroxyl groups excluding tert-OH is 1. The molecule has 0 saturated carbocycles. The highest BCUT2D eigenvalue weighted by molar-refractivity contribution is 5.22. The number of alkyl halides is 2. The molecule has 0 bridgehead atoms. The Morgan fingerprint density at radius 1 is 1.50 bits per heavy atom. The Morgan fingerprint density at radius 3 is 2.90 bits per heavy atom. The van der Waals surface area contributed by atoms with Crippen molar-refractivity contribution in [2.24, 2.45) is 0 Å². The number of aliphatic hydroxyl groups is 1. The maximum absolute atomic E-state index is 13.1. The lowest BCUT2D eigenvalue weighted by Gasteiger charge is -2.24. The zero-order valence-corrected chi connectivity index (χ0v) is 11.1. The second-order valence-corrected chi connectivity index (χ2v) is 4.78. The second-order valence-electron chi connectivity index (χ2n) is 4.78. The van der Waals surface area contributed by atoms with Gasteiger partial charge in [0, 0.05) is 13.2 Å². The molecule has 1 unspecified atom stereocenters. The topological polar surface area (TPSA) is 64.3 Å². The summed E-state index contributed by atoms with van der Waals surface area (Å²) in [5.74, 6) is 0. The summed E-state index contributed by atoms with van der Waals surface area (Å²) in [5.41, 5.74) is -1.11. The molecule has 0 aliphatic carbocycles. The molecule has 5 nitrogen and oxygen atoms in total. The fourth-order valence-corrected chi connectivity index (χ4v) is 2.34. The molecular weight excluding hydrogens is 270 g/mol. The van der Waals surface area contributed by atoms with Crippen LogP contribution in [0.3, 0.4) is 0 Å². The van der Waals surface area contributed by atoms with Crippen molar-refractivity contribution < 1.29 is 18.6 Å². The molecule has 1 aliphatic heterocycles. The smallest absolute Gasteiger partial charge is 0.278 e. The van der Waals surface area contributed by atoms with E-state index in [1.807, 2.05) is 0 Å². The summed E-state index contributed by atoms with van der Waals surface area (Å²) in [6.45, 7) is 0.395. The van der Waals surface area contributed by atoms with Gasteiger partial charge in [-0.3, -0.25) is 4.79 Å². The van der Waals surface area contributed by atoms with Crippen molar-refractivity contribution in [2.75, 3.05) is 13.2 Å². The van der Waals surface area contributed by atoms with Gasteiger partial charge in [0.25, 0.3) is 12.0 Å². The number of aryl methyl sites for hydroxylation is 1. The molecule has 1 aliphatic rings. The van der Waals surface area contributed by atoms with Gasteiger partial charge in [0.2, 0.25) is 0 Å². The third-order valence-corrected chi connectivity index (χ3v) is 3.37. The van der Waals surface area contributed by atoms with Crippen LogP contribution in [0.4, 0.5) is 8.78 Å². The Hall–Kier alpha value is -1.34. The lowest BCUT2D eigenvalue weighted by Crippen LogP contribution is -2.34. The first-order valence-electron chi connectivity index (χ1n) is 6.76. The number of aromatic nitrogens is 2. The standard InChI is InChI=1S/C13H18F2N2O3/c14-12(15)11-9(4-3-6-18)8-16-17(13(11)19)10-5-1-2-7-20-10/h8,10,12,18H,1-7H2. The van der Waals surface area contributed by atoms with Gasteiger partial charge in [0.15, 0.2) is 6.23 Å². The highest BCUT2D eigenvalue weighted by atomic mass is 19.3. The summed E-state index contributed by atoms with van der Waals surface area (Å²) in [5, 5.41) is 12.7. The molecule has 2 heterocycles. The fourth-order valence-electron chi connectivity index (χ4n) is 2.34. The third kappa shape index (κ3) is 3.21. The van der Waals surface area contributed by atoms with Gasteiger partial charge in [-0.25, -0.2) is 13.5 Å². The molecule has 0 aromatic carbocycles. The van der Waals surface area contributed by atoms with Gasteiger partial charge >= 0.3 is 0 Å². The van der Waals surface area contributed by atoms with E-state index < -0.39 is 23.8 Å². The van der Waals surface area contributed by atoms with Crippen LogP contribution >= 0.6 is 0 Å². The van der Waals surface area contributed by atoms with Crippen LogP contribution in [0.25, 0.3) is 0 Å². The van der Waals surface area contributed by atoms with E-state index in [1.54, 1.807) is 0 Å². The first-order valence-corrected chi connectivity index (χ1v) is 6.76. The molecule has 7 heteroatoms. The summed E-state index contributed by atoms with van der Waals surface area (Å²) >= 11 is 0. The average Bonchev–Trinajstić information content (AvgIpc) is 2.45. The van der Waals surface area contributed by atoms with E-state index in [0.717, 1.165) is 17.5 Å². The number of nitrogens with zero attached hydrogens (tertiary/aromatic N) is 2. The molecule has 1 aromatic heterocycles. The lowest BCUT2D eigenvalue weighted by atomic mass is 10.1. The highest BCUT2D eigenvalue weighted by Crippen LogP contribution is 2.23. The summed E-state index contributed by atoms with van der Waals surface area (Å²) in [6, 6.07) is 0. The third-order valence-electron chi connectivity index (χ3n) is 3.37. The normalized spacial score (nSPS) is 19.5. The molecule has 0 radical (unpaired) electrons. The Morgan fingerprint density at radius 2 is 2.30 bits per heavy atom. The molecule has 20 heavy (non-hydrogen) atoms. The number of rotatable bonds is 5. The summed E-state index contributed by atoms with van der Waals surface area (Å²) in [6.07, 6.45) is 0.809. The first-order chi connectivity index (χ1) is 9.65. The quantitative estimate of drug-likeness (QED) is 0.897. The Labute approximate surface area is 115 Å². The van der Waals surface area contributed by atoms with Crippen LogP contribution in [-0.4, -0.2) is 28.1 Å². The van der Waals surface area contributed by atoms with Crippen molar-refractivity contribution in [3.63, 3.8) is 0 Å². The number of ether oxygens (including phenoxy) is 1. The number of hydrogen-bond acceptors (Lipinski definition) is 4. The van der Waals surface area contributed by atoms with Crippen LogP contribution in [0, 0.1) is 0 Å². The molecule has 1 fully saturated rings. The Kier molecular flexibility index (Phi) is 5.19. The largest absolute Gasteiger partial charge is 0.396 e. The molecular formula is C13H18F2N2O3. The van der Waals surface area contributed by atoms with Crippen molar-refractivity contribution >= 4 is 0 Å². The molecule has 0 spiro atoms. The predicted molar refractivity (Wildman–Crippen MR) is 67.7 cm³/mol. The zero-order chi connectivity index (χ0) is 14.5. The van der Waals surface area contributed by atoms with E-state index in [0.29, 0.717) is 19.4 Å². The summed E-state index contributed by atoms with van der Waals surface area (Å²) in [4.78, 5) is 12.2. The fraction of sp³-hybridized carbons (Fsp3) is 0.692. The minimum Gasteiger partial charge on any atom is -0.396 e. The molecule has 1 N–H and O–H groups in total. The SMILES string of the molecule is O=c1c(C(F)F)c(CCCO)cnn1C1CCCCO1. The second kappa shape index (κ2) is 6.90. The lowest BCUT2D eigenvalue weighted by molar-refractivity contribution is -0.0432. The van der Waals surface area contributed by atoms with Crippen LogP contribution in [0.2, 0.25) is 0 Å². The van der Waals surface area contributed by atoms with Crippen LogP contribution in [-0.2, 0) is 11.2 Å². The van der Waals surface area contributed by atoms with Crippen molar-refractivity contribution in [1.82, 2.24) is 9.78 Å². The summed E-state index contributed by atoms with van der Waals surface area (Å²) < 4.78 is 32.7. The molecule has 2 rings (SSSR count). The zero-order valence-electron chi connectivity index (χ0n) is 11.1. The number of hydrogen-bond donors (Lipinski definition) is 1. The van der Waals surface area contributed by atoms with Crippen LogP contribution < -0.4 is 5.56 Å². The van der Waals surface area contributed by atoms with E-state index in [-0.39, 0.29) is 18.6 Å². The molecule has 1 aromatic rings. The maximum Gasteiger partial charge on any atom is 0.278 e. The van der Waals surface area contributed by atoms with Crippen molar-refractivity contribution in [3.8, 4) is 0 Å².